The molecule has 6 nitrogen and oxygen atoms in total. The number of aliphatic imine (C=N–C) groups is 1. The zero-order valence-corrected chi connectivity index (χ0v) is 18.5. The lowest BCUT2D eigenvalue weighted by atomic mass is 10.1. The lowest BCUT2D eigenvalue weighted by Crippen LogP contribution is -2.36. The minimum Gasteiger partial charge on any atom is -0.496 e. The van der Waals surface area contributed by atoms with Crippen molar-refractivity contribution in [1.29, 1.82) is 0 Å². The summed E-state index contributed by atoms with van der Waals surface area (Å²) >= 11 is 0. The van der Waals surface area contributed by atoms with Gasteiger partial charge in [-0.3, -0.25) is 4.99 Å². The molecule has 3 rings (SSSR count). The van der Waals surface area contributed by atoms with E-state index in [0.717, 1.165) is 53.6 Å². The summed E-state index contributed by atoms with van der Waals surface area (Å²) in [7, 11) is 3.47. The molecule has 0 spiro atoms. The van der Waals surface area contributed by atoms with Gasteiger partial charge < -0.3 is 24.8 Å². The molecule has 162 valence electrons. The topological polar surface area (TPSA) is 64.1 Å². The highest BCUT2D eigenvalue weighted by atomic mass is 16.5. The quantitative estimate of drug-likeness (QED) is 0.512. The Labute approximate surface area is 179 Å². The predicted molar refractivity (Wildman–Crippen MR) is 120 cm³/mol. The Bertz CT molecular complexity index is 861. The normalized spacial score (nSPS) is 16.4. The number of benzene rings is 2. The molecule has 0 aliphatic carbocycles. The number of nitrogens with one attached hydrogen (secondary N) is 2. The Hall–Kier alpha value is -2.73. The van der Waals surface area contributed by atoms with Crippen LogP contribution in [0.4, 0.5) is 0 Å². The number of methoxy groups -OCH3 is 1. The Morgan fingerprint density at radius 2 is 1.93 bits per heavy atom. The first-order chi connectivity index (χ1) is 14.6. The summed E-state index contributed by atoms with van der Waals surface area (Å²) in [6.07, 6.45) is 2.39. The predicted octanol–water partition coefficient (Wildman–Crippen LogP) is 3.74. The molecule has 6 heteroatoms. The van der Waals surface area contributed by atoms with Crippen molar-refractivity contribution >= 4 is 5.96 Å². The molecule has 1 saturated heterocycles. The van der Waals surface area contributed by atoms with Crippen LogP contribution in [0.2, 0.25) is 0 Å². The van der Waals surface area contributed by atoms with Crippen LogP contribution >= 0.6 is 0 Å². The van der Waals surface area contributed by atoms with E-state index < -0.39 is 0 Å². The maximum atomic E-state index is 6.09. The fourth-order valence-electron chi connectivity index (χ4n) is 3.46. The van der Waals surface area contributed by atoms with Crippen LogP contribution < -0.4 is 20.1 Å². The van der Waals surface area contributed by atoms with E-state index >= 15 is 0 Å². The molecular formula is C24H33N3O3. The molecule has 2 aromatic carbocycles. The van der Waals surface area contributed by atoms with Gasteiger partial charge in [0, 0.05) is 32.3 Å². The van der Waals surface area contributed by atoms with Gasteiger partial charge >= 0.3 is 0 Å². The van der Waals surface area contributed by atoms with Gasteiger partial charge in [-0.1, -0.05) is 24.3 Å². The van der Waals surface area contributed by atoms with Gasteiger partial charge in [-0.05, 0) is 55.5 Å². The summed E-state index contributed by atoms with van der Waals surface area (Å²) in [4.78, 5) is 4.34. The van der Waals surface area contributed by atoms with Crippen LogP contribution in [0.15, 0.2) is 41.4 Å². The zero-order valence-electron chi connectivity index (χ0n) is 18.5. The lowest BCUT2D eigenvalue weighted by molar-refractivity contribution is 0.0676. The molecule has 1 fully saturated rings. The minimum absolute atomic E-state index is 0.201. The first kappa shape index (κ1) is 22.0. The van der Waals surface area contributed by atoms with E-state index in [2.05, 4.69) is 52.9 Å². The summed E-state index contributed by atoms with van der Waals surface area (Å²) in [6, 6.07) is 12.5. The van der Waals surface area contributed by atoms with Crippen molar-refractivity contribution in [3.63, 3.8) is 0 Å². The second-order valence-electron chi connectivity index (χ2n) is 7.64. The van der Waals surface area contributed by atoms with Gasteiger partial charge in [-0.25, -0.2) is 0 Å². The third-order valence-corrected chi connectivity index (χ3v) is 5.27. The van der Waals surface area contributed by atoms with Gasteiger partial charge in [0.15, 0.2) is 5.96 Å². The average Bonchev–Trinajstić information content (AvgIpc) is 3.28. The first-order valence-electron chi connectivity index (χ1n) is 10.5. The monoisotopic (exact) mass is 411 g/mol. The van der Waals surface area contributed by atoms with Crippen molar-refractivity contribution in [2.45, 2.75) is 45.9 Å². The van der Waals surface area contributed by atoms with Crippen LogP contribution in [0, 0.1) is 13.8 Å². The van der Waals surface area contributed by atoms with Gasteiger partial charge in [0.1, 0.15) is 18.1 Å². The van der Waals surface area contributed by atoms with Gasteiger partial charge in [0.25, 0.3) is 0 Å². The second kappa shape index (κ2) is 10.9. The first-order valence-corrected chi connectivity index (χ1v) is 10.5. The van der Waals surface area contributed by atoms with Crippen LogP contribution in [-0.4, -0.2) is 39.4 Å². The molecule has 2 N–H and O–H groups in total. The molecule has 2 aromatic rings. The Morgan fingerprint density at radius 3 is 2.67 bits per heavy atom. The molecular weight excluding hydrogens is 378 g/mol. The SMILES string of the molecule is CN=C(NCc1ccc(C)c(OC)c1)NCc1ccc(C)cc1OCC1CCCO1. The molecule has 1 heterocycles. The molecule has 0 saturated carbocycles. The highest BCUT2D eigenvalue weighted by Crippen LogP contribution is 2.22. The molecule has 0 amide bonds. The summed E-state index contributed by atoms with van der Waals surface area (Å²) in [5.74, 6) is 2.53. The van der Waals surface area contributed by atoms with E-state index in [4.69, 9.17) is 14.2 Å². The highest BCUT2D eigenvalue weighted by Gasteiger charge is 2.17. The van der Waals surface area contributed by atoms with Gasteiger partial charge in [0.2, 0.25) is 0 Å². The number of ether oxygens (including phenoxy) is 3. The fourth-order valence-corrected chi connectivity index (χ4v) is 3.46. The van der Waals surface area contributed by atoms with Crippen LogP contribution in [-0.2, 0) is 17.8 Å². The van der Waals surface area contributed by atoms with E-state index in [1.54, 1.807) is 14.2 Å². The summed E-state index contributed by atoms with van der Waals surface area (Å²) in [5, 5.41) is 6.74. The summed E-state index contributed by atoms with van der Waals surface area (Å²) < 4.78 is 17.2. The van der Waals surface area contributed by atoms with Crippen LogP contribution in [0.1, 0.15) is 35.1 Å². The molecule has 1 aliphatic rings. The van der Waals surface area contributed by atoms with Crippen LogP contribution in [0.25, 0.3) is 0 Å². The third kappa shape index (κ3) is 6.13. The standard InChI is InChI=1S/C24H33N3O3/c1-17-7-10-20(23(12-17)30-16-21-6-5-11-29-21)15-27-24(25-3)26-14-19-9-8-18(2)22(13-19)28-4/h7-10,12-13,21H,5-6,11,14-16H2,1-4H3,(H2,25,26,27). The highest BCUT2D eigenvalue weighted by molar-refractivity contribution is 5.79. The second-order valence-corrected chi connectivity index (χ2v) is 7.64. The van der Waals surface area contributed by atoms with Crippen molar-refractivity contribution in [3.05, 3.63) is 58.7 Å². The fraction of sp³-hybridized carbons (Fsp3) is 0.458. The molecule has 0 bridgehead atoms. The van der Waals surface area contributed by atoms with Gasteiger partial charge in [-0.2, -0.15) is 0 Å². The van der Waals surface area contributed by atoms with E-state index in [-0.39, 0.29) is 6.10 Å². The number of nitrogens with zero attached hydrogens (tertiary/aromatic N) is 1. The van der Waals surface area contributed by atoms with E-state index in [1.807, 2.05) is 13.0 Å². The summed E-state index contributed by atoms with van der Waals surface area (Å²) in [6.45, 7) is 6.83. The molecule has 30 heavy (non-hydrogen) atoms. The minimum atomic E-state index is 0.201. The number of hydrogen-bond donors (Lipinski definition) is 2. The third-order valence-electron chi connectivity index (χ3n) is 5.27. The molecule has 1 unspecified atom stereocenters. The van der Waals surface area contributed by atoms with Crippen molar-refractivity contribution in [1.82, 2.24) is 10.6 Å². The molecule has 1 aliphatic heterocycles. The number of aryl methyl sites for hydroxylation is 2. The number of hydrogen-bond acceptors (Lipinski definition) is 4. The maximum Gasteiger partial charge on any atom is 0.191 e. The Morgan fingerprint density at radius 1 is 1.10 bits per heavy atom. The number of guanidine groups is 1. The Kier molecular flexibility index (Phi) is 7.97. The largest absolute Gasteiger partial charge is 0.496 e. The maximum absolute atomic E-state index is 6.09. The van der Waals surface area contributed by atoms with Crippen LogP contribution in [0.3, 0.4) is 0 Å². The molecule has 1 atom stereocenters. The Balaban J connectivity index is 1.56. The number of rotatable bonds is 8. The van der Waals surface area contributed by atoms with E-state index in [1.165, 1.54) is 5.56 Å². The van der Waals surface area contributed by atoms with Crippen molar-refractivity contribution in [3.8, 4) is 11.5 Å². The summed E-state index contributed by atoms with van der Waals surface area (Å²) in [5.41, 5.74) is 4.53. The van der Waals surface area contributed by atoms with E-state index in [9.17, 15) is 0 Å². The van der Waals surface area contributed by atoms with E-state index in [0.29, 0.717) is 19.7 Å². The molecule has 0 aromatic heterocycles. The lowest BCUT2D eigenvalue weighted by Gasteiger charge is -2.17. The van der Waals surface area contributed by atoms with Crippen molar-refractivity contribution in [2.75, 3.05) is 27.4 Å². The smallest absolute Gasteiger partial charge is 0.191 e. The zero-order chi connectivity index (χ0) is 21.3. The van der Waals surface area contributed by atoms with Crippen molar-refractivity contribution < 1.29 is 14.2 Å². The average molecular weight is 412 g/mol. The van der Waals surface area contributed by atoms with Crippen LogP contribution in [0.5, 0.6) is 11.5 Å². The van der Waals surface area contributed by atoms with Gasteiger partial charge in [-0.15, -0.1) is 0 Å². The van der Waals surface area contributed by atoms with Gasteiger partial charge in [0.05, 0.1) is 13.2 Å². The molecule has 0 radical (unpaired) electrons. The van der Waals surface area contributed by atoms with Crippen molar-refractivity contribution in [2.24, 2.45) is 4.99 Å².